The van der Waals surface area contributed by atoms with Gasteiger partial charge in [-0.3, -0.25) is 10.1 Å². The molecule has 0 bridgehead atoms. The quantitative estimate of drug-likeness (QED) is 0.444. The zero-order chi connectivity index (χ0) is 15.9. The molecule has 0 atom stereocenters. The van der Waals surface area contributed by atoms with Crippen molar-refractivity contribution in [3.05, 3.63) is 68.7 Å². The van der Waals surface area contributed by atoms with Crippen LogP contribution in [0.3, 0.4) is 0 Å². The maximum absolute atomic E-state index is 10.6. The number of benzene rings is 2. The van der Waals surface area contributed by atoms with E-state index in [0.29, 0.717) is 17.3 Å². The van der Waals surface area contributed by atoms with Crippen molar-refractivity contribution in [3.8, 4) is 0 Å². The number of nitrogens with one attached hydrogen (secondary N) is 2. The molecule has 2 N–H and O–H groups in total. The van der Waals surface area contributed by atoms with E-state index in [-0.39, 0.29) is 18.1 Å². The van der Waals surface area contributed by atoms with Crippen LogP contribution < -0.4 is 10.6 Å². The van der Waals surface area contributed by atoms with Crippen LogP contribution in [-0.2, 0) is 6.54 Å². The maximum Gasteiger partial charge on any atom is 0.271 e. The van der Waals surface area contributed by atoms with Crippen molar-refractivity contribution < 1.29 is 4.92 Å². The first-order valence-electron chi connectivity index (χ1n) is 7.00. The van der Waals surface area contributed by atoms with Gasteiger partial charge in [0.1, 0.15) is 0 Å². The molecule has 0 aliphatic carbocycles. The van der Waals surface area contributed by atoms with Gasteiger partial charge in [-0.1, -0.05) is 41.4 Å². The molecule has 0 fully saturated rings. The fourth-order valence-electron chi connectivity index (χ4n) is 1.99. The summed E-state index contributed by atoms with van der Waals surface area (Å²) in [6, 6.07) is 12.8. The van der Waals surface area contributed by atoms with Gasteiger partial charge >= 0.3 is 0 Å². The second-order valence-electron chi connectivity index (χ2n) is 5.01. The van der Waals surface area contributed by atoms with Gasteiger partial charge in [-0.15, -0.1) is 12.4 Å². The van der Waals surface area contributed by atoms with Crippen LogP contribution in [0.1, 0.15) is 11.1 Å². The highest BCUT2D eigenvalue weighted by Gasteiger charge is 2.08. The van der Waals surface area contributed by atoms with Crippen LogP contribution in [0, 0.1) is 17.0 Å². The molecule has 2 aromatic rings. The number of anilines is 1. The van der Waals surface area contributed by atoms with Gasteiger partial charge in [0.05, 0.1) is 15.6 Å². The highest BCUT2D eigenvalue weighted by Crippen LogP contribution is 2.26. The molecule has 0 aromatic heterocycles. The van der Waals surface area contributed by atoms with Gasteiger partial charge in [0.25, 0.3) is 5.69 Å². The number of nitrogens with zero attached hydrogens (tertiary/aromatic N) is 1. The van der Waals surface area contributed by atoms with Crippen molar-refractivity contribution >= 4 is 35.4 Å². The molecule has 2 rings (SSSR count). The largest absolute Gasteiger partial charge is 0.383 e. The minimum absolute atomic E-state index is 0. The highest BCUT2D eigenvalue weighted by atomic mass is 35.5. The first-order valence-corrected chi connectivity index (χ1v) is 7.38. The van der Waals surface area contributed by atoms with E-state index in [9.17, 15) is 10.1 Å². The van der Waals surface area contributed by atoms with Gasteiger partial charge < -0.3 is 10.6 Å². The third-order valence-corrected chi connectivity index (χ3v) is 3.54. The molecule has 0 aliphatic heterocycles. The van der Waals surface area contributed by atoms with Gasteiger partial charge in [-0.2, -0.15) is 0 Å². The Bertz CT molecular complexity index is 648. The van der Waals surface area contributed by atoms with E-state index in [1.165, 1.54) is 23.3 Å². The lowest BCUT2D eigenvalue weighted by Crippen LogP contribution is -2.21. The van der Waals surface area contributed by atoms with E-state index < -0.39 is 4.92 Å². The van der Waals surface area contributed by atoms with Gasteiger partial charge in [0, 0.05) is 31.8 Å². The fraction of sp³-hybridized carbons (Fsp3) is 0.250. The Morgan fingerprint density at radius 2 is 1.83 bits per heavy atom. The fourth-order valence-corrected chi connectivity index (χ4v) is 2.23. The third-order valence-electron chi connectivity index (χ3n) is 3.23. The van der Waals surface area contributed by atoms with Crippen molar-refractivity contribution in [2.75, 3.05) is 18.4 Å². The monoisotopic (exact) mass is 355 g/mol. The highest BCUT2D eigenvalue weighted by molar-refractivity contribution is 6.33. The van der Waals surface area contributed by atoms with Crippen molar-refractivity contribution in [1.82, 2.24) is 5.32 Å². The number of nitro groups is 1. The number of non-ortho nitro benzene ring substituents is 1. The minimum atomic E-state index is -0.460. The lowest BCUT2D eigenvalue weighted by molar-refractivity contribution is -0.384. The zero-order valence-electron chi connectivity index (χ0n) is 12.7. The average molecular weight is 356 g/mol. The standard InChI is InChI=1S/C16H18ClN3O2.ClH/c1-12-2-4-13(5-3-12)11-18-8-9-19-16-7-6-14(20(21)22)10-15(16)17;/h2-7,10,18-19H,8-9,11H2,1H3;1H. The lowest BCUT2D eigenvalue weighted by atomic mass is 10.1. The van der Waals surface area contributed by atoms with E-state index >= 15 is 0 Å². The van der Waals surface area contributed by atoms with E-state index in [1.54, 1.807) is 6.07 Å². The number of hydrogen-bond acceptors (Lipinski definition) is 4. The van der Waals surface area contributed by atoms with Crippen LogP contribution in [0.5, 0.6) is 0 Å². The summed E-state index contributed by atoms with van der Waals surface area (Å²) in [5.74, 6) is 0. The topological polar surface area (TPSA) is 67.2 Å². The van der Waals surface area contributed by atoms with Crippen molar-refractivity contribution in [3.63, 3.8) is 0 Å². The van der Waals surface area contributed by atoms with Gasteiger partial charge in [0.2, 0.25) is 0 Å². The van der Waals surface area contributed by atoms with E-state index in [0.717, 1.165) is 13.1 Å². The molecule has 0 spiro atoms. The first-order chi connectivity index (χ1) is 10.6. The summed E-state index contributed by atoms with van der Waals surface area (Å²) in [7, 11) is 0. The molecule has 0 saturated heterocycles. The van der Waals surface area contributed by atoms with E-state index in [1.807, 2.05) is 0 Å². The summed E-state index contributed by atoms with van der Waals surface area (Å²) in [5.41, 5.74) is 3.18. The molecule has 0 unspecified atom stereocenters. The van der Waals surface area contributed by atoms with Gasteiger partial charge in [-0.05, 0) is 18.6 Å². The Kier molecular flexibility index (Phi) is 7.81. The van der Waals surface area contributed by atoms with Crippen LogP contribution in [0.15, 0.2) is 42.5 Å². The second kappa shape index (κ2) is 9.35. The maximum atomic E-state index is 10.6. The molecular formula is C16H19Cl2N3O2. The third kappa shape index (κ3) is 6.06. The summed E-state index contributed by atoms with van der Waals surface area (Å²) >= 11 is 6.01. The van der Waals surface area contributed by atoms with Crippen LogP contribution in [0.25, 0.3) is 0 Å². The normalized spacial score (nSPS) is 10.0. The molecule has 0 amide bonds. The van der Waals surface area contributed by atoms with Gasteiger partial charge in [0.15, 0.2) is 0 Å². The van der Waals surface area contributed by atoms with Crippen LogP contribution in [0.4, 0.5) is 11.4 Å². The molecular weight excluding hydrogens is 337 g/mol. The Labute approximate surface area is 146 Å². The predicted molar refractivity (Wildman–Crippen MR) is 96.7 cm³/mol. The average Bonchev–Trinajstić information content (AvgIpc) is 2.50. The summed E-state index contributed by atoms with van der Waals surface area (Å²) in [6.07, 6.45) is 0. The van der Waals surface area contributed by atoms with Crippen molar-refractivity contribution in [1.29, 1.82) is 0 Å². The number of halogens is 2. The SMILES string of the molecule is Cc1ccc(CNCCNc2ccc([N+](=O)[O-])cc2Cl)cc1.Cl. The predicted octanol–water partition coefficient (Wildman–Crippen LogP) is 4.18. The molecule has 0 saturated carbocycles. The molecule has 124 valence electrons. The second-order valence-corrected chi connectivity index (χ2v) is 5.42. The van der Waals surface area contributed by atoms with E-state index in [2.05, 4.69) is 41.8 Å². The van der Waals surface area contributed by atoms with E-state index in [4.69, 9.17) is 11.6 Å². The summed E-state index contributed by atoms with van der Waals surface area (Å²) < 4.78 is 0. The van der Waals surface area contributed by atoms with Crippen molar-refractivity contribution in [2.45, 2.75) is 13.5 Å². The molecule has 0 radical (unpaired) electrons. The molecule has 5 nitrogen and oxygen atoms in total. The lowest BCUT2D eigenvalue weighted by Gasteiger charge is -2.09. The minimum Gasteiger partial charge on any atom is -0.383 e. The Morgan fingerprint density at radius 1 is 1.13 bits per heavy atom. The van der Waals surface area contributed by atoms with Gasteiger partial charge in [-0.25, -0.2) is 0 Å². The van der Waals surface area contributed by atoms with Crippen LogP contribution >= 0.6 is 24.0 Å². The number of nitro benzene ring substituents is 1. The summed E-state index contributed by atoms with van der Waals surface area (Å²) in [6.45, 7) is 4.32. The zero-order valence-corrected chi connectivity index (χ0v) is 14.3. The molecule has 0 aliphatic rings. The molecule has 0 heterocycles. The Morgan fingerprint density at radius 3 is 2.43 bits per heavy atom. The number of hydrogen-bond donors (Lipinski definition) is 2. The molecule has 2 aromatic carbocycles. The molecule has 7 heteroatoms. The van der Waals surface area contributed by atoms with Crippen LogP contribution in [-0.4, -0.2) is 18.0 Å². The van der Waals surface area contributed by atoms with Crippen molar-refractivity contribution in [2.24, 2.45) is 0 Å². The Balaban J connectivity index is 0.00000264. The smallest absolute Gasteiger partial charge is 0.271 e. The number of aryl methyl sites for hydroxylation is 1. The number of rotatable bonds is 7. The molecule has 23 heavy (non-hydrogen) atoms. The summed E-state index contributed by atoms with van der Waals surface area (Å²) in [5, 5.41) is 17.5. The first kappa shape index (κ1) is 19.2. The summed E-state index contributed by atoms with van der Waals surface area (Å²) in [4.78, 5) is 10.2. The Hall–Kier alpha value is -1.82. The van der Waals surface area contributed by atoms with Crippen LogP contribution in [0.2, 0.25) is 5.02 Å².